The van der Waals surface area contributed by atoms with E-state index in [1.54, 1.807) is 0 Å². The molecule has 0 amide bonds. The number of hydrogen-bond donors (Lipinski definition) is 0. The third-order valence-corrected chi connectivity index (χ3v) is 7.14. The van der Waals surface area contributed by atoms with E-state index in [1.165, 1.54) is 44.3 Å². The molecule has 0 saturated carbocycles. The Labute approximate surface area is 239 Å². The number of hydrogen-bond acceptors (Lipinski definition) is 2. The number of para-hydroxylation sites is 2. The van der Waals surface area contributed by atoms with Crippen LogP contribution in [-0.2, 0) is 0 Å². The molecule has 6 rings (SSSR count). The van der Waals surface area contributed by atoms with Crippen LogP contribution < -0.4 is 9.80 Å². The van der Waals surface area contributed by atoms with Gasteiger partial charge in [-0.15, -0.1) is 0 Å². The molecule has 0 N–H and O–H groups in total. The molecule has 0 aromatic heterocycles. The van der Waals surface area contributed by atoms with Crippen LogP contribution in [0.15, 0.2) is 146 Å². The summed E-state index contributed by atoms with van der Waals surface area (Å²) >= 11 is 0. The van der Waals surface area contributed by atoms with E-state index in [1.807, 2.05) is 0 Å². The molecule has 200 valence electrons. The van der Waals surface area contributed by atoms with Crippen molar-refractivity contribution < 1.29 is 0 Å². The lowest BCUT2D eigenvalue weighted by Gasteiger charge is -2.30. The Morgan fingerprint density at radius 2 is 0.875 bits per heavy atom. The van der Waals surface area contributed by atoms with E-state index < -0.39 is 0 Å². The van der Waals surface area contributed by atoms with Gasteiger partial charge in [-0.2, -0.15) is 0 Å². The van der Waals surface area contributed by atoms with Crippen molar-refractivity contribution in [1.29, 1.82) is 0 Å². The van der Waals surface area contributed by atoms with E-state index in [0.29, 0.717) is 12.1 Å². The van der Waals surface area contributed by atoms with Crippen LogP contribution in [0.3, 0.4) is 0 Å². The van der Waals surface area contributed by atoms with Crippen molar-refractivity contribution in [1.82, 2.24) is 0 Å². The summed E-state index contributed by atoms with van der Waals surface area (Å²) in [5, 5.41) is 5.15. The van der Waals surface area contributed by atoms with E-state index in [-0.39, 0.29) is 0 Å². The molecule has 6 aromatic rings. The fourth-order valence-corrected chi connectivity index (χ4v) is 5.38. The van der Waals surface area contributed by atoms with Crippen LogP contribution in [0, 0.1) is 0 Å². The van der Waals surface area contributed by atoms with Gasteiger partial charge in [0.05, 0.1) is 0 Å². The second kappa shape index (κ2) is 12.5. The van der Waals surface area contributed by atoms with Gasteiger partial charge in [-0.1, -0.05) is 103 Å². The number of fused-ring (bicyclic) bond motifs is 2. The Morgan fingerprint density at radius 3 is 1.50 bits per heavy atom. The molecule has 0 radical (unpaired) electrons. The maximum Gasteiger partial charge on any atom is 0.0492 e. The lowest BCUT2D eigenvalue weighted by molar-refractivity contribution is 0.789. The van der Waals surface area contributed by atoms with Crippen molar-refractivity contribution in [3.8, 4) is 0 Å². The Balaban J connectivity index is 0.000000161. The highest BCUT2D eigenvalue weighted by Crippen LogP contribution is 2.34. The molecule has 0 atom stereocenters. The lowest BCUT2D eigenvalue weighted by atomic mass is 10.1. The largest absolute Gasteiger partial charge is 0.339 e. The van der Waals surface area contributed by atoms with E-state index >= 15 is 0 Å². The molecule has 0 unspecified atom stereocenters. The standard InChI is InChI=1S/2C19H19N/c1-15(2)20(17-11-4-3-5-12-17)19-14-8-10-16-9-6-7-13-18(16)19;1-15(2)20(18-10-4-3-5-11-18)19-13-12-16-8-6-7-9-17(16)14-19/h2*3-15H,1-2H3. The van der Waals surface area contributed by atoms with Crippen molar-refractivity contribution in [3.05, 3.63) is 146 Å². The van der Waals surface area contributed by atoms with Crippen molar-refractivity contribution in [2.75, 3.05) is 9.80 Å². The highest BCUT2D eigenvalue weighted by atomic mass is 15.2. The molecule has 0 bridgehead atoms. The average Bonchev–Trinajstić information content (AvgIpc) is 2.99. The topological polar surface area (TPSA) is 6.48 Å². The molecule has 0 spiro atoms. The van der Waals surface area contributed by atoms with Crippen LogP contribution in [0.4, 0.5) is 22.7 Å². The summed E-state index contributed by atoms with van der Waals surface area (Å²) in [6.45, 7) is 8.91. The quantitative estimate of drug-likeness (QED) is 0.215. The van der Waals surface area contributed by atoms with Crippen LogP contribution in [0.5, 0.6) is 0 Å². The second-order valence-electron chi connectivity index (χ2n) is 10.6. The van der Waals surface area contributed by atoms with E-state index in [2.05, 4.69) is 183 Å². The maximum absolute atomic E-state index is 2.39. The van der Waals surface area contributed by atoms with Crippen LogP contribution in [0.2, 0.25) is 0 Å². The minimum Gasteiger partial charge on any atom is -0.339 e. The summed E-state index contributed by atoms with van der Waals surface area (Å²) in [4.78, 5) is 4.76. The normalized spacial score (nSPS) is 10.9. The zero-order chi connectivity index (χ0) is 27.9. The summed E-state index contributed by atoms with van der Waals surface area (Å²) < 4.78 is 0. The van der Waals surface area contributed by atoms with Crippen LogP contribution in [0.25, 0.3) is 21.5 Å². The van der Waals surface area contributed by atoms with Crippen LogP contribution in [0.1, 0.15) is 27.7 Å². The molecule has 2 heteroatoms. The first kappa shape index (κ1) is 27.0. The monoisotopic (exact) mass is 522 g/mol. The first-order valence-corrected chi connectivity index (χ1v) is 14.2. The third kappa shape index (κ3) is 6.02. The van der Waals surface area contributed by atoms with E-state index in [4.69, 9.17) is 0 Å². The zero-order valence-corrected chi connectivity index (χ0v) is 23.9. The second-order valence-corrected chi connectivity index (χ2v) is 10.6. The minimum atomic E-state index is 0.406. The van der Waals surface area contributed by atoms with Gasteiger partial charge in [0, 0.05) is 40.2 Å². The van der Waals surface area contributed by atoms with E-state index in [0.717, 1.165) is 0 Å². The average molecular weight is 523 g/mol. The molecule has 0 fully saturated rings. The fourth-order valence-electron chi connectivity index (χ4n) is 5.38. The third-order valence-electron chi connectivity index (χ3n) is 7.14. The molecule has 0 aliphatic carbocycles. The number of anilines is 4. The smallest absolute Gasteiger partial charge is 0.0492 e. The Morgan fingerprint density at radius 1 is 0.375 bits per heavy atom. The van der Waals surface area contributed by atoms with Crippen molar-refractivity contribution in [2.24, 2.45) is 0 Å². The molecule has 40 heavy (non-hydrogen) atoms. The zero-order valence-electron chi connectivity index (χ0n) is 23.9. The molecule has 0 saturated heterocycles. The predicted octanol–water partition coefficient (Wildman–Crippen LogP) is 10.8. The van der Waals surface area contributed by atoms with Gasteiger partial charge in [0.25, 0.3) is 0 Å². The van der Waals surface area contributed by atoms with Crippen molar-refractivity contribution in [3.63, 3.8) is 0 Å². The number of rotatable bonds is 6. The fraction of sp³-hybridized carbons (Fsp3) is 0.158. The summed E-state index contributed by atoms with van der Waals surface area (Å²) in [5.41, 5.74) is 4.98. The lowest BCUT2D eigenvalue weighted by Crippen LogP contribution is -2.25. The first-order valence-electron chi connectivity index (χ1n) is 14.2. The molecule has 0 heterocycles. The first-order chi connectivity index (χ1) is 19.5. The van der Waals surface area contributed by atoms with Crippen LogP contribution in [-0.4, -0.2) is 12.1 Å². The van der Waals surface area contributed by atoms with Gasteiger partial charge in [-0.3, -0.25) is 0 Å². The molecular formula is C38H38N2. The Kier molecular flexibility index (Phi) is 8.47. The summed E-state index contributed by atoms with van der Waals surface area (Å²) in [6.07, 6.45) is 0. The molecule has 0 aliphatic rings. The maximum atomic E-state index is 2.39. The van der Waals surface area contributed by atoms with Crippen LogP contribution >= 0.6 is 0 Å². The summed E-state index contributed by atoms with van der Waals surface area (Å²) in [7, 11) is 0. The highest BCUT2D eigenvalue weighted by molar-refractivity contribution is 5.96. The summed E-state index contributed by atoms with van der Waals surface area (Å²) in [6, 6.07) is 52.2. The number of nitrogens with zero attached hydrogens (tertiary/aromatic N) is 2. The van der Waals surface area contributed by atoms with Crippen molar-refractivity contribution >= 4 is 44.3 Å². The van der Waals surface area contributed by atoms with E-state index in [9.17, 15) is 0 Å². The molecule has 6 aromatic carbocycles. The van der Waals surface area contributed by atoms with Gasteiger partial charge < -0.3 is 9.80 Å². The van der Waals surface area contributed by atoms with Gasteiger partial charge in [0.2, 0.25) is 0 Å². The van der Waals surface area contributed by atoms with Gasteiger partial charge in [0.1, 0.15) is 0 Å². The highest BCUT2D eigenvalue weighted by Gasteiger charge is 2.15. The molecular weight excluding hydrogens is 484 g/mol. The predicted molar refractivity (Wildman–Crippen MR) is 175 cm³/mol. The Bertz CT molecular complexity index is 1640. The Hall–Kier alpha value is -4.56. The minimum absolute atomic E-state index is 0.406. The van der Waals surface area contributed by atoms with Gasteiger partial charge in [0.15, 0.2) is 0 Å². The van der Waals surface area contributed by atoms with Crippen molar-refractivity contribution in [2.45, 2.75) is 39.8 Å². The molecule has 2 nitrogen and oxygen atoms in total. The number of benzene rings is 6. The SMILES string of the molecule is CC(C)N(c1ccccc1)c1ccc2ccccc2c1.CC(C)N(c1ccccc1)c1cccc2ccccc12. The molecule has 0 aliphatic heterocycles. The van der Waals surface area contributed by atoms with Gasteiger partial charge >= 0.3 is 0 Å². The van der Waals surface area contributed by atoms with Gasteiger partial charge in [-0.05, 0) is 86.3 Å². The summed E-state index contributed by atoms with van der Waals surface area (Å²) in [5.74, 6) is 0. The van der Waals surface area contributed by atoms with Gasteiger partial charge in [-0.25, -0.2) is 0 Å².